The summed E-state index contributed by atoms with van der Waals surface area (Å²) in [7, 11) is 1.38. The summed E-state index contributed by atoms with van der Waals surface area (Å²) in [4.78, 5) is 49.0. The van der Waals surface area contributed by atoms with Gasteiger partial charge in [-0.25, -0.2) is 32.9 Å². The summed E-state index contributed by atoms with van der Waals surface area (Å²) >= 11 is 0. The van der Waals surface area contributed by atoms with E-state index in [-0.39, 0.29) is 23.7 Å². The number of amides is 2. The largest absolute Gasteiger partial charge is 0.460 e. The van der Waals surface area contributed by atoms with E-state index in [9.17, 15) is 28.3 Å². The molecule has 4 rings (SSSR count). The van der Waals surface area contributed by atoms with Crippen molar-refractivity contribution in [1.29, 1.82) is 0 Å². The Labute approximate surface area is 271 Å². The standard InChI is InChI=1S/C30H32F3N9O6/c1-17(26-23(33)11-36-14-38-26)30(46,21-7-6-20(31)9-22(21)32)13-42-16-41(15-39-42)18(2)48-29(45)40(3)27-19(5-4-8-37-27)12-47-28(44)24(34)10-25(35)43/h4-9,11,14-18,24,46H,10,12-13,34H2,1-3H3,(H-,35,43)/p+1/t17-,18?,24-,30+/m0/s1. The zero-order valence-electron chi connectivity index (χ0n) is 26.0. The lowest BCUT2D eigenvalue weighted by atomic mass is 9.79. The fourth-order valence-corrected chi connectivity index (χ4v) is 4.79. The minimum absolute atomic E-state index is 0.101. The van der Waals surface area contributed by atoms with Crippen LogP contribution in [-0.4, -0.2) is 60.9 Å². The first-order chi connectivity index (χ1) is 22.7. The first-order valence-corrected chi connectivity index (χ1v) is 14.4. The predicted molar refractivity (Wildman–Crippen MR) is 158 cm³/mol. The van der Waals surface area contributed by atoms with E-state index >= 15 is 4.39 Å². The van der Waals surface area contributed by atoms with Gasteiger partial charge < -0.3 is 26.0 Å². The number of carbonyl (C=O) groups is 3. The highest BCUT2D eigenvalue weighted by Crippen LogP contribution is 2.39. The molecular formula is C30H33F3N9O6+. The second-order valence-electron chi connectivity index (χ2n) is 10.8. The molecule has 0 aliphatic heterocycles. The molecule has 0 saturated carbocycles. The van der Waals surface area contributed by atoms with Gasteiger partial charge >= 0.3 is 12.1 Å². The zero-order valence-corrected chi connectivity index (χ0v) is 26.0. The molecule has 0 aliphatic carbocycles. The summed E-state index contributed by atoms with van der Waals surface area (Å²) < 4.78 is 56.8. The number of hydrogen-bond acceptors (Lipinski definition) is 11. The fourth-order valence-electron chi connectivity index (χ4n) is 4.79. The number of rotatable bonds is 13. The number of esters is 1. The molecule has 0 saturated heterocycles. The van der Waals surface area contributed by atoms with Crippen molar-refractivity contribution < 1.29 is 46.7 Å². The van der Waals surface area contributed by atoms with Crippen LogP contribution in [-0.2, 0) is 37.8 Å². The van der Waals surface area contributed by atoms with Crippen LogP contribution in [0.1, 0.15) is 49.2 Å². The number of nitrogens with two attached hydrogens (primary N) is 2. The summed E-state index contributed by atoms with van der Waals surface area (Å²) in [5, 5.41) is 16.1. The number of ether oxygens (including phenoxy) is 2. The Kier molecular flexibility index (Phi) is 11.0. The van der Waals surface area contributed by atoms with Gasteiger partial charge in [0, 0.05) is 48.4 Å². The summed E-state index contributed by atoms with van der Waals surface area (Å²) in [6, 6.07) is 4.47. The molecule has 2 amide bonds. The third-order valence-electron chi connectivity index (χ3n) is 7.47. The van der Waals surface area contributed by atoms with Crippen LogP contribution >= 0.6 is 0 Å². The number of halogens is 3. The molecule has 3 heterocycles. The average molecular weight is 673 g/mol. The van der Waals surface area contributed by atoms with Gasteiger partial charge in [-0.3, -0.25) is 14.5 Å². The number of pyridine rings is 1. The average Bonchev–Trinajstić information content (AvgIpc) is 3.51. The second kappa shape index (κ2) is 14.9. The van der Waals surface area contributed by atoms with E-state index in [4.69, 9.17) is 20.9 Å². The molecule has 5 N–H and O–H groups in total. The highest BCUT2D eigenvalue weighted by Gasteiger charge is 2.43. The van der Waals surface area contributed by atoms with E-state index in [1.165, 1.54) is 49.0 Å². The van der Waals surface area contributed by atoms with Crippen molar-refractivity contribution >= 4 is 23.8 Å². The molecule has 3 aromatic heterocycles. The lowest BCUT2D eigenvalue weighted by molar-refractivity contribution is -0.753. The Morgan fingerprint density at radius 2 is 1.90 bits per heavy atom. The van der Waals surface area contributed by atoms with Crippen molar-refractivity contribution in [3.05, 3.63) is 96.0 Å². The molecule has 4 aromatic rings. The van der Waals surface area contributed by atoms with Crippen molar-refractivity contribution in [3.8, 4) is 0 Å². The number of hydrogen-bond donors (Lipinski definition) is 3. The highest BCUT2D eigenvalue weighted by molar-refractivity contribution is 5.87. The van der Waals surface area contributed by atoms with E-state index in [1.807, 2.05) is 0 Å². The number of anilines is 1. The Hall–Kier alpha value is -5.49. The number of aromatic nitrogens is 6. The minimum Gasteiger partial charge on any atom is -0.460 e. The Bertz CT molecular complexity index is 1790. The molecule has 0 aliphatic rings. The number of primary amides is 1. The maximum atomic E-state index is 15.0. The zero-order chi connectivity index (χ0) is 35.2. The Balaban J connectivity index is 1.50. The smallest absolute Gasteiger partial charge is 0.418 e. The van der Waals surface area contributed by atoms with Gasteiger partial charge in [0.15, 0.2) is 5.82 Å². The number of carbonyl (C=O) groups excluding carboxylic acids is 3. The molecule has 18 heteroatoms. The SMILES string of the molecule is CC(OC(=O)N(C)c1ncccc1COC(=O)[C@@H](N)CC(N)=O)[n+]1cnn(C[C@](O)(c2ccc(F)cc2F)[C@@H](C)c2ncncc2F)c1. The Morgan fingerprint density at radius 3 is 2.58 bits per heavy atom. The van der Waals surface area contributed by atoms with Crippen LogP contribution in [0.15, 0.2) is 61.7 Å². The van der Waals surface area contributed by atoms with E-state index in [0.29, 0.717) is 11.6 Å². The van der Waals surface area contributed by atoms with Crippen molar-refractivity contribution in [2.45, 2.75) is 57.2 Å². The van der Waals surface area contributed by atoms with E-state index in [2.05, 4.69) is 20.1 Å². The third kappa shape index (κ3) is 8.07. The van der Waals surface area contributed by atoms with Crippen LogP contribution in [0, 0.1) is 17.5 Å². The maximum absolute atomic E-state index is 15.0. The molecule has 0 spiro atoms. The van der Waals surface area contributed by atoms with Crippen LogP contribution in [0.3, 0.4) is 0 Å². The third-order valence-corrected chi connectivity index (χ3v) is 7.47. The topological polar surface area (TPSA) is 206 Å². The van der Waals surface area contributed by atoms with Crippen LogP contribution in [0.4, 0.5) is 23.8 Å². The number of aliphatic hydroxyl groups is 1. The van der Waals surface area contributed by atoms with Crippen molar-refractivity contribution in [3.63, 3.8) is 0 Å². The van der Waals surface area contributed by atoms with Gasteiger partial charge in [0.2, 0.25) is 18.5 Å². The molecular weight excluding hydrogens is 639 g/mol. The van der Waals surface area contributed by atoms with Gasteiger partial charge in [-0.05, 0) is 12.1 Å². The van der Waals surface area contributed by atoms with E-state index < -0.39 is 72.2 Å². The van der Waals surface area contributed by atoms with Crippen LogP contribution < -0.4 is 20.9 Å². The first kappa shape index (κ1) is 35.4. The summed E-state index contributed by atoms with van der Waals surface area (Å²) in [5.41, 5.74) is 8.27. The maximum Gasteiger partial charge on any atom is 0.418 e. The van der Waals surface area contributed by atoms with Gasteiger partial charge in [-0.2, -0.15) is 4.57 Å². The van der Waals surface area contributed by atoms with E-state index in [1.54, 1.807) is 12.1 Å². The molecule has 15 nitrogen and oxygen atoms in total. The minimum atomic E-state index is -2.19. The molecule has 254 valence electrons. The van der Waals surface area contributed by atoms with Crippen molar-refractivity contribution in [2.24, 2.45) is 11.5 Å². The van der Waals surface area contributed by atoms with Crippen LogP contribution in [0.2, 0.25) is 0 Å². The first-order valence-electron chi connectivity index (χ1n) is 14.4. The molecule has 4 atom stereocenters. The van der Waals surface area contributed by atoms with Gasteiger partial charge in [0.25, 0.3) is 6.33 Å². The Morgan fingerprint density at radius 1 is 1.15 bits per heavy atom. The summed E-state index contributed by atoms with van der Waals surface area (Å²) in [6.45, 7) is 2.17. The lowest BCUT2D eigenvalue weighted by Gasteiger charge is -2.32. The van der Waals surface area contributed by atoms with Crippen LogP contribution in [0.25, 0.3) is 0 Å². The molecule has 0 bridgehead atoms. The summed E-state index contributed by atoms with van der Waals surface area (Å²) in [5.74, 6) is -5.50. The highest BCUT2D eigenvalue weighted by atomic mass is 19.1. The lowest BCUT2D eigenvalue weighted by Crippen LogP contribution is -2.42. The van der Waals surface area contributed by atoms with Gasteiger partial charge in [-0.1, -0.05) is 19.1 Å². The monoisotopic (exact) mass is 672 g/mol. The number of nitrogens with zero attached hydrogens (tertiary/aromatic N) is 7. The number of benzene rings is 1. The van der Waals surface area contributed by atoms with Crippen molar-refractivity contribution in [2.75, 3.05) is 11.9 Å². The second-order valence-corrected chi connectivity index (χ2v) is 10.8. The quantitative estimate of drug-likeness (QED) is 0.137. The predicted octanol–water partition coefficient (Wildman–Crippen LogP) is 1.50. The molecule has 0 fully saturated rings. The van der Waals surface area contributed by atoms with E-state index in [0.717, 1.165) is 29.6 Å². The fraction of sp³-hybridized carbons (Fsp3) is 0.333. The molecule has 1 unspecified atom stereocenters. The van der Waals surface area contributed by atoms with Crippen molar-refractivity contribution in [1.82, 2.24) is 24.7 Å². The molecule has 1 aromatic carbocycles. The van der Waals surface area contributed by atoms with Gasteiger partial charge in [0.05, 0.1) is 18.3 Å². The van der Waals surface area contributed by atoms with Crippen LogP contribution in [0.5, 0.6) is 0 Å². The molecule has 48 heavy (non-hydrogen) atoms. The molecule has 0 radical (unpaired) electrons. The summed E-state index contributed by atoms with van der Waals surface area (Å²) in [6.07, 6.45) is 3.76. The van der Waals surface area contributed by atoms with Gasteiger partial charge in [-0.15, -0.1) is 4.68 Å². The normalized spacial score (nSPS) is 14.3. The van der Waals surface area contributed by atoms with Gasteiger partial charge in [0.1, 0.15) is 48.6 Å².